The number of ether oxygens (including phenoxy) is 2. The molecule has 1 amide bonds. The van der Waals surface area contributed by atoms with Gasteiger partial charge in [-0.15, -0.1) is 0 Å². The Kier molecular flexibility index (Phi) is 7.65. The summed E-state index contributed by atoms with van der Waals surface area (Å²) in [6.45, 7) is 9.35. The van der Waals surface area contributed by atoms with Crippen LogP contribution in [0.2, 0.25) is 0 Å². The van der Waals surface area contributed by atoms with E-state index >= 15 is 0 Å². The van der Waals surface area contributed by atoms with Crippen LogP contribution in [0.3, 0.4) is 0 Å². The minimum Gasteiger partial charge on any atom is -0.494 e. The van der Waals surface area contributed by atoms with E-state index in [1.807, 2.05) is 39.0 Å². The van der Waals surface area contributed by atoms with Crippen molar-refractivity contribution >= 4 is 22.6 Å². The van der Waals surface area contributed by atoms with Gasteiger partial charge < -0.3 is 19.4 Å². The predicted molar refractivity (Wildman–Crippen MR) is 132 cm³/mol. The van der Waals surface area contributed by atoms with Crippen LogP contribution in [-0.4, -0.2) is 35.3 Å². The van der Waals surface area contributed by atoms with E-state index in [4.69, 9.17) is 14.5 Å². The summed E-state index contributed by atoms with van der Waals surface area (Å²) in [5.41, 5.74) is 4.20. The van der Waals surface area contributed by atoms with Crippen molar-refractivity contribution < 1.29 is 14.3 Å². The molecule has 0 atom stereocenters. The van der Waals surface area contributed by atoms with Gasteiger partial charge in [0.1, 0.15) is 11.4 Å². The number of pyridine rings is 1. The lowest BCUT2D eigenvalue weighted by atomic mass is 10.00. The van der Waals surface area contributed by atoms with E-state index < -0.39 is 0 Å². The zero-order valence-corrected chi connectivity index (χ0v) is 20.0. The first-order valence-corrected chi connectivity index (χ1v) is 12.1. The molecule has 1 N–H and O–H groups in total. The van der Waals surface area contributed by atoms with Crippen LogP contribution in [0.4, 0.5) is 5.69 Å². The minimum atomic E-state index is 0.0300. The van der Waals surface area contributed by atoms with Gasteiger partial charge in [0.05, 0.1) is 18.5 Å². The van der Waals surface area contributed by atoms with Crippen LogP contribution in [-0.2, 0) is 22.5 Å². The topological polar surface area (TPSA) is 65.4 Å². The van der Waals surface area contributed by atoms with Crippen molar-refractivity contribution in [3.05, 3.63) is 53.9 Å². The second-order valence-electron chi connectivity index (χ2n) is 9.34. The Balaban J connectivity index is 1.62. The van der Waals surface area contributed by atoms with Gasteiger partial charge in [0.15, 0.2) is 0 Å². The Morgan fingerprint density at radius 2 is 1.97 bits per heavy atom. The van der Waals surface area contributed by atoms with Crippen LogP contribution in [0.25, 0.3) is 11.0 Å². The lowest BCUT2D eigenvalue weighted by Crippen LogP contribution is -2.21. The number of aromatic nitrogens is 2. The molecule has 0 aliphatic carbocycles. The molecule has 3 aromatic rings. The number of carbonyl (C=O) groups excluding carboxylic acids is 1. The fraction of sp³-hybridized carbons (Fsp3) is 0.481. The molecule has 0 radical (unpaired) electrons. The number of hydrogen-bond acceptors (Lipinski definition) is 4. The lowest BCUT2D eigenvalue weighted by molar-refractivity contribution is -0.116. The highest BCUT2D eigenvalue weighted by molar-refractivity contribution is 5.93. The van der Waals surface area contributed by atoms with E-state index in [2.05, 4.69) is 28.1 Å². The third kappa shape index (κ3) is 6.14. The molecule has 1 aliphatic rings. The second-order valence-corrected chi connectivity index (χ2v) is 9.34. The van der Waals surface area contributed by atoms with Crippen molar-refractivity contribution in [3.8, 4) is 5.75 Å². The van der Waals surface area contributed by atoms with E-state index in [1.165, 1.54) is 11.3 Å². The van der Waals surface area contributed by atoms with Crippen molar-refractivity contribution in [3.63, 3.8) is 0 Å². The van der Waals surface area contributed by atoms with Gasteiger partial charge in [-0.05, 0) is 61.4 Å². The molecule has 3 heterocycles. The summed E-state index contributed by atoms with van der Waals surface area (Å²) in [6, 6.07) is 12.6. The van der Waals surface area contributed by atoms with Crippen LogP contribution in [0.5, 0.6) is 5.75 Å². The summed E-state index contributed by atoms with van der Waals surface area (Å²) < 4.78 is 13.5. The van der Waals surface area contributed by atoms with Crippen LogP contribution < -0.4 is 10.1 Å². The molecule has 2 aromatic heterocycles. The highest BCUT2D eigenvalue weighted by Crippen LogP contribution is 2.27. The van der Waals surface area contributed by atoms with Gasteiger partial charge in [-0.3, -0.25) is 4.79 Å². The minimum absolute atomic E-state index is 0.0300. The fourth-order valence-corrected chi connectivity index (χ4v) is 4.47. The largest absolute Gasteiger partial charge is 0.494 e. The Hall–Kier alpha value is -2.86. The number of rotatable bonds is 9. The second kappa shape index (κ2) is 10.8. The molecule has 1 saturated heterocycles. The van der Waals surface area contributed by atoms with Gasteiger partial charge >= 0.3 is 0 Å². The Morgan fingerprint density at radius 1 is 1.21 bits per heavy atom. The number of fused-ring (bicyclic) bond motifs is 1. The average Bonchev–Trinajstić information content (AvgIpc) is 3.11. The molecule has 1 aliphatic heterocycles. The quantitative estimate of drug-likeness (QED) is 0.473. The number of amides is 1. The van der Waals surface area contributed by atoms with Crippen molar-refractivity contribution in [1.82, 2.24) is 9.55 Å². The van der Waals surface area contributed by atoms with Gasteiger partial charge in [0, 0.05) is 43.7 Å². The van der Waals surface area contributed by atoms with E-state index in [-0.39, 0.29) is 5.91 Å². The highest BCUT2D eigenvalue weighted by atomic mass is 16.5. The van der Waals surface area contributed by atoms with Crippen LogP contribution in [0.15, 0.2) is 42.6 Å². The van der Waals surface area contributed by atoms with Crippen molar-refractivity contribution in [1.29, 1.82) is 0 Å². The number of anilines is 1. The third-order valence-corrected chi connectivity index (χ3v) is 6.10. The van der Waals surface area contributed by atoms with Gasteiger partial charge in [-0.25, -0.2) is 4.98 Å². The summed E-state index contributed by atoms with van der Waals surface area (Å²) in [6.07, 6.45) is 5.26. The summed E-state index contributed by atoms with van der Waals surface area (Å²) in [5.74, 6) is 1.83. The number of hydrogen-bond donors (Lipinski definition) is 1. The maximum atomic E-state index is 12.2. The van der Waals surface area contributed by atoms with E-state index in [9.17, 15) is 4.79 Å². The summed E-state index contributed by atoms with van der Waals surface area (Å²) in [7, 11) is 0. The first-order chi connectivity index (χ1) is 16.0. The third-order valence-electron chi connectivity index (χ3n) is 6.10. The summed E-state index contributed by atoms with van der Waals surface area (Å²) in [5, 5.41) is 4.06. The first kappa shape index (κ1) is 23.3. The molecule has 0 saturated carbocycles. The molecule has 0 bridgehead atoms. The van der Waals surface area contributed by atoms with Gasteiger partial charge in [-0.2, -0.15) is 0 Å². The van der Waals surface area contributed by atoms with Gasteiger partial charge in [0.2, 0.25) is 5.91 Å². The van der Waals surface area contributed by atoms with Crippen LogP contribution in [0, 0.1) is 11.8 Å². The molecule has 1 fully saturated rings. The lowest BCUT2D eigenvalue weighted by Gasteiger charge is -2.24. The first-order valence-electron chi connectivity index (χ1n) is 12.1. The van der Waals surface area contributed by atoms with Crippen LogP contribution in [0.1, 0.15) is 51.3 Å². The average molecular weight is 450 g/mol. The standard InChI is InChI=1S/C27H35N3O3/c1-4-33-25-7-5-20(6-8-25)14-24-16-22-15-23(29-26(31)13-19(2)3)17-28-27(22)30(24)18-21-9-11-32-12-10-21/h5-8,15-17,19,21H,4,9-14,18H2,1-3H3,(H,29,31). The zero-order chi connectivity index (χ0) is 23.2. The summed E-state index contributed by atoms with van der Waals surface area (Å²) >= 11 is 0. The summed E-state index contributed by atoms with van der Waals surface area (Å²) in [4.78, 5) is 17.0. The molecule has 0 spiro atoms. The molecule has 0 unspecified atom stereocenters. The smallest absolute Gasteiger partial charge is 0.224 e. The molecule has 6 nitrogen and oxygen atoms in total. The molecule has 33 heavy (non-hydrogen) atoms. The van der Waals surface area contributed by atoms with E-state index in [0.717, 1.165) is 61.5 Å². The maximum Gasteiger partial charge on any atom is 0.224 e. The SMILES string of the molecule is CCOc1ccc(Cc2cc3cc(NC(=O)CC(C)C)cnc3n2CC2CCOCC2)cc1. The number of benzene rings is 1. The molecule has 176 valence electrons. The number of nitrogens with zero attached hydrogens (tertiary/aromatic N) is 2. The number of nitrogens with one attached hydrogen (secondary N) is 1. The van der Waals surface area contributed by atoms with Crippen LogP contribution >= 0.6 is 0 Å². The van der Waals surface area contributed by atoms with E-state index in [0.29, 0.717) is 24.9 Å². The maximum absolute atomic E-state index is 12.2. The zero-order valence-electron chi connectivity index (χ0n) is 20.0. The molecule has 1 aromatic carbocycles. The number of carbonyl (C=O) groups is 1. The molecular weight excluding hydrogens is 414 g/mol. The van der Waals surface area contributed by atoms with Crippen molar-refractivity contribution in [2.24, 2.45) is 11.8 Å². The van der Waals surface area contributed by atoms with Crippen molar-refractivity contribution in [2.75, 3.05) is 25.1 Å². The Morgan fingerprint density at radius 3 is 2.67 bits per heavy atom. The monoisotopic (exact) mass is 449 g/mol. The highest BCUT2D eigenvalue weighted by Gasteiger charge is 2.19. The normalized spacial score (nSPS) is 14.7. The molecular formula is C27H35N3O3. The molecule has 6 heteroatoms. The van der Waals surface area contributed by atoms with Crippen molar-refractivity contribution in [2.45, 2.75) is 53.0 Å². The Bertz CT molecular complexity index is 1070. The van der Waals surface area contributed by atoms with E-state index in [1.54, 1.807) is 6.20 Å². The predicted octanol–water partition coefficient (Wildman–Crippen LogP) is 5.44. The van der Waals surface area contributed by atoms with Gasteiger partial charge in [-0.1, -0.05) is 26.0 Å². The Labute approximate surface area is 196 Å². The molecule has 4 rings (SSSR count). The fourth-order valence-electron chi connectivity index (χ4n) is 4.47. The van der Waals surface area contributed by atoms with Gasteiger partial charge in [0.25, 0.3) is 0 Å².